The van der Waals surface area contributed by atoms with E-state index in [9.17, 15) is 9.18 Å². The molecular formula is C9H9FOS. The molecule has 0 aliphatic carbocycles. The highest BCUT2D eigenvalue weighted by Gasteiger charge is 2.08. The normalized spacial score (nSPS) is 9.83. The zero-order chi connectivity index (χ0) is 8.97. The molecule has 0 bridgehead atoms. The van der Waals surface area contributed by atoms with Crippen molar-refractivity contribution in [1.82, 2.24) is 0 Å². The van der Waals surface area contributed by atoms with E-state index in [1.807, 2.05) is 6.26 Å². The number of hydrogen-bond acceptors (Lipinski definition) is 2. The molecule has 12 heavy (non-hydrogen) atoms. The number of ketones is 1. The summed E-state index contributed by atoms with van der Waals surface area (Å²) in [5.41, 5.74) is 0.187. The Kier molecular flexibility index (Phi) is 3.29. The highest BCUT2D eigenvalue weighted by atomic mass is 32.2. The van der Waals surface area contributed by atoms with Crippen LogP contribution in [0.3, 0.4) is 0 Å². The van der Waals surface area contributed by atoms with Crippen molar-refractivity contribution in [3.63, 3.8) is 0 Å². The second kappa shape index (κ2) is 4.26. The fraction of sp³-hybridized carbons (Fsp3) is 0.222. The van der Waals surface area contributed by atoms with Gasteiger partial charge in [0.25, 0.3) is 0 Å². The Hall–Kier alpha value is -0.830. The van der Waals surface area contributed by atoms with Crippen LogP contribution in [0.5, 0.6) is 0 Å². The third-order valence-electron chi connectivity index (χ3n) is 1.45. The summed E-state index contributed by atoms with van der Waals surface area (Å²) in [5, 5.41) is 0. The molecule has 64 valence electrons. The van der Waals surface area contributed by atoms with Gasteiger partial charge >= 0.3 is 0 Å². The van der Waals surface area contributed by atoms with Crippen molar-refractivity contribution in [2.75, 3.05) is 12.0 Å². The second-order valence-corrected chi connectivity index (χ2v) is 3.20. The van der Waals surface area contributed by atoms with E-state index in [0.29, 0.717) is 5.75 Å². The maximum absolute atomic E-state index is 12.9. The van der Waals surface area contributed by atoms with E-state index in [4.69, 9.17) is 0 Å². The third kappa shape index (κ3) is 2.08. The lowest BCUT2D eigenvalue weighted by Gasteiger charge is -1.98. The molecule has 0 N–H and O–H groups in total. The SMILES string of the molecule is CSCC(=O)c1ccccc1F. The first kappa shape index (κ1) is 9.26. The van der Waals surface area contributed by atoms with Gasteiger partial charge in [0.05, 0.1) is 11.3 Å². The van der Waals surface area contributed by atoms with E-state index >= 15 is 0 Å². The molecule has 0 aliphatic rings. The molecule has 1 nitrogen and oxygen atoms in total. The number of benzene rings is 1. The van der Waals surface area contributed by atoms with Gasteiger partial charge < -0.3 is 0 Å². The van der Waals surface area contributed by atoms with Crippen LogP contribution < -0.4 is 0 Å². The van der Waals surface area contributed by atoms with E-state index in [-0.39, 0.29) is 11.3 Å². The minimum absolute atomic E-state index is 0.152. The van der Waals surface area contributed by atoms with Gasteiger partial charge in [0.15, 0.2) is 5.78 Å². The van der Waals surface area contributed by atoms with Crippen molar-refractivity contribution in [2.24, 2.45) is 0 Å². The number of rotatable bonds is 3. The molecule has 0 aromatic heterocycles. The molecule has 0 amide bonds. The number of thioether (sulfide) groups is 1. The predicted molar refractivity (Wildman–Crippen MR) is 49.1 cm³/mol. The van der Waals surface area contributed by atoms with Crippen LogP contribution in [0.1, 0.15) is 10.4 Å². The van der Waals surface area contributed by atoms with Crippen LogP contribution >= 0.6 is 11.8 Å². The van der Waals surface area contributed by atoms with Gasteiger partial charge in [-0.3, -0.25) is 4.79 Å². The van der Waals surface area contributed by atoms with Gasteiger partial charge in [-0.15, -0.1) is 0 Å². The minimum atomic E-state index is -0.434. The molecule has 0 heterocycles. The highest BCUT2D eigenvalue weighted by Crippen LogP contribution is 2.09. The second-order valence-electron chi connectivity index (χ2n) is 2.34. The summed E-state index contributed by atoms with van der Waals surface area (Å²) in [6.45, 7) is 0. The fourth-order valence-corrected chi connectivity index (χ4v) is 1.31. The summed E-state index contributed by atoms with van der Waals surface area (Å²) < 4.78 is 12.9. The van der Waals surface area contributed by atoms with Gasteiger partial charge in [0.2, 0.25) is 0 Å². The first-order chi connectivity index (χ1) is 5.75. The number of carbonyl (C=O) groups is 1. The molecule has 1 aromatic carbocycles. The van der Waals surface area contributed by atoms with E-state index in [0.717, 1.165) is 0 Å². The van der Waals surface area contributed by atoms with Crippen molar-refractivity contribution < 1.29 is 9.18 Å². The lowest BCUT2D eigenvalue weighted by Crippen LogP contribution is -2.04. The number of carbonyl (C=O) groups excluding carboxylic acids is 1. The molecule has 3 heteroatoms. The Bertz CT molecular complexity index is 286. The van der Waals surface area contributed by atoms with Crippen molar-refractivity contribution in [2.45, 2.75) is 0 Å². The summed E-state index contributed by atoms with van der Waals surface area (Å²) in [5.74, 6) is -0.252. The number of Topliss-reactive ketones (excluding diaryl/α,β-unsaturated/α-hetero) is 1. The molecule has 0 saturated heterocycles. The summed E-state index contributed by atoms with van der Waals surface area (Å²) >= 11 is 1.40. The van der Waals surface area contributed by atoms with Crippen LogP contribution in [-0.2, 0) is 0 Å². The van der Waals surface area contributed by atoms with Crippen molar-refractivity contribution in [1.29, 1.82) is 0 Å². The molecule has 0 atom stereocenters. The maximum Gasteiger partial charge on any atom is 0.175 e. The van der Waals surface area contributed by atoms with Gasteiger partial charge in [-0.25, -0.2) is 4.39 Å². The molecule has 0 saturated carbocycles. The van der Waals surface area contributed by atoms with E-state index < -0.39 is 5.82 Å². The van der Waals surface area contributed by atoms with Crippen molar-refractivity contribution in [3.8, 4) is 0 Å². The van der Waals surface area contributed by atoms with Crippen LogP contribution in [0.4, 0.5) is 4.39 Å². The van der Waals surface area contributed by atoms with Gasteiger partial charge in [0, 0.05) is 0 Å². The standard InChI is InChI=1S/C9H9FOS/c1-12-6-9(11)7-4-2-3-5-8(7)10/h2-5H,6H2,1H3. The largest absolute Gasteiger partial charge is 0.293 e. The maximum atomic E-state index is 12.9. The van der Waals surface area contributed by atoms with Crippen LogP contribution in [0.15, 0.2) is 24.3 Å². The smallest absolute Gasteiger partial charge is 0.175 e. The zero-order valence-corrected chi connectivity index (χ0v) is 7.53. The first-order valence-electron chi connectivity index (χ1n) is 3.52. The summed E-state index contributed by atoms with van der Waals surface area (Å²) in [6.07, 6.45) is 1.82. The highest BCUT2D eigenvalue weighted by molar-refractivity contribution is 7.99. The van der Waals surface area contributed by atoms with E-state index in [1.54, 1.807) is 12.1 Å². The van der Waals surface area contributed by atoms with Gasteiger partial charge in [-0.2, -0.15) is 11.8 Å². The van der Waals surface area contributed by atoms with Gasteiger partial charge in [0.1, 0.15) is 5.82 Å². The lowest BCUT2D eigenvalue weighted by atomic mass is 10.1. The molecule has 0 aliphatic heterocycles. The predicted octanol–water partition coefficient (Wildman–Crippen LogP) is 2.37. The van der Waals surface area contributed by atoms with Crippen LogP contribution in [0.2, 0.25) is 0 Å². The molecular weight excluding hydrogens is 175 g/mol. The lowest BCUT2D eigenvalue weighted by molar-refractivity contribution is 0.101. The van der Waals surface area contributed by atoms with Crippen LogP contribution in [0, 0.1) is 5.82 Å². The van der Waals surface area contributed by atoms with Crippen LogP contribution in [-0.4, -0.2) is 17.8 Å². The Morgan fingerprint density at radius 3 is 2.75 bits per heavy atom. The number of hydrogen-bond donors (Lipinski definition) is 0. The van der Waals surface area contributed by atoms with Gasteiger partial charge in [-0.1, -0.05) is 12.1 Å². The molecule has 0 radical (unpaired) electrons. The Morgan fingerprint density at radius 2 is 2.17 bits per heavy atom. The molecule has 0 spiro atoms. The molecule has 0 fully saturated rings. The molecule has 1 rings (SSSR count). The topological polar surface area (TPSA) is 17.1 Å². The van der Waals surface area contributed by atoms with Gasteiger partial charge in [-0.05, 0) is 18.4 Å². The summed E-state index contributed by atoms with van der Waals surface area (Å²) in [6, 6.07) is 6.04. The van der Waals surface area contributed by atoms with Crippen molar-refractivity contribution >= 4 is 17.5 Å². The third-order valence-corrected chi connectivity index (χ3v) is 2.00. The fourth-order valence-electron chi connectivity index (χ4n) is 0.896. The monoisotopic (exact) mass is 184 g/mol. The average molecular weight is 184 g/mol. The van der Waals surface area contributed by atoms with E-state index in [1.165, 1.54) is 23.9 Å². The summed E-state index contributed by atoms with van der Waals surface area (Å²) in [4.78, 5) is 11.2. The Morgan fingerprint density at radius 1 is 1.50 bits per heavy atom. The first-order valence-corrected chi connectivity index (χ1v) is 4.91. The Balaban J connectivity index is 2.87. The quantitative estimate of drug-likeness (QED) is 0.671. The average Bonchev–Trinajstić information content (AvgIpc) is 2.05. The summed E-state index contributed by atoms with van der Waals surface area (Å²) in [7, 11) is 0. The van der Waals surface area contributed by atoms with E-state index in [2.05, 4.69) is 0 Å². The van der Waals surface area contributed by atoms with Crippen molar-refractivity contribution in [3.05, 3.63) is 35.6 Å². The Labute approximate surface area is 75.0 Å². The molecule has 0 unspecified atom stereocenters. The zero-order valence-electron chi connectivity index (χ0n) is 6.71. The minimum Gasteiger partial charge on any atom is -0.293 e. The number of halogens is 1. The van der Waals surface area contributed by atoms with Crippen LogP contribution in [0.25, 0.3) is 0 Å². The molecule has 1 aromatic rings.